The van der Waals surface area contributed by atoms with Crippen LogP contribution in [0.15, 0.2) is 78.9 Å². The predicted octanol–water partition coefficient (Wildman–Crippen LogP) is 7.38. The van der Waals surface area contributed by atoms with E-state index < -0.39 is 8.32 Å². The van der Waals surface area contributed by atoms with Crippen molar-refractivity contribution in [3.8, 4) is 11.5 Å². The number of hydrogen-bond donors (Lipinski definition) is 0. The molecule has 5 rings (SSSR count). The molecule has 2 heterocycles. The Morgan fingerprint density at radius 3 is 2.34 bits per heavy atom. The van der Waals surface area contributed by atoms with E-state index in [1.807, 2.05) is 0 Å². The first-order chi connectivity index (χ1) is 18.2. The van der Waals surface area contributed by atoms with Gasteiger partial charge in [0.15, 0.2) is 0 Å². The van der Waals surface area contributed by atoms with Gasteiger partial charge in [0.1, 0.15) is 18.1 Å². The summed E-state index contributed by atoms with van der Waals surface area (Å²) in [5.41, 5.74) is 5.11. The molecule has 3 aromatic rings. The normalized spacial score (nSPS) is 18.9. The molecule has 0 radical (unpaired) electrons. The van der Waals surface area contributed by atoms with Gasteiger partial charge in [0.05, 0.1) is 6.04 Å². The lowest BCUT2D eigenvalue weighted by Crippen LogP contribution is -2.47. The highest BCUT2D eigenvalue weighted by atomic mass is 28.4. The summed E-state index contributed by atoms with van der Waals surface area (Å²) in [5, 5.41) is 0.146. The van der Waals surface area contributed by atoms with Crippen LogP contribution in [0.25, 0.3) is 6.08 Å². The Labute approximate surface area is 230 Å². The summed E-state index contributed by atoms with van der Waals surface area (Å²) in [6.45, 7) is 17.2. The Hall–Kier alpha value is -2.86. The topological polar surface area (TPSA) is 24.9 Å². The van der Waals surface area contributed by atoms with Gasteiger partial charge in [-0.25, -0.2) is 0 Å². The van der Waals surface area contributed by atoms with Crippen LogP contribution in [-0.2, 0) is 6.61 Å². The standard InChI is InChI=1S/C33H42N2O2Si/c1-33(2,3)38(4,5)37-28-17-18-31-30(24-28)32(29-16-10-9-15-27(29)25-36-31)35-22-20-34(21-23-35)19-11-14-26-12-7-6-8-13-26/h6-18,24,32H,19-23,25H2,1-5H3/b14-11+. The van der Waals surface area contributed by atoms with Crippen molar-refractivity contribution in [1.29, 1.82) is 0 Å². The zero-order valence-corrected chi connectivity index (χ0v) is 24.6. The number of rotatable bonds is 6. The second-order valence-electron chi connectivity index (χ2n) is 12.1. The summed E-state index contributed by atoms with van der Waals surface area (Å²) < 4.78 is 13.1. The lowest BCUT2D eigenvalue weighted by atomic mass is 9.93. The molecule has 1 saturated heterocycles. The van der Waals surface area contributed by atoms with Crippen LogP contribution in [0.2, 0.25) is 18.1 Å². The fourth-order valence-electron chi connectivity index (χ4n) is 5.14. The predicted molar refractivity (Wildman–Crippen MR) is 160 cm³/mol. The average molecular weight is 527 g/mol. The van der Waals surface area contributed by atoms with Crippen molar-refractivity contribution >= 4 is 14.4 Å². The van der Waals surface area contributed by atoms with Crippen molar-refractivity contribution in [2.75, 3.05) is 32.7 Å². The molecule has 200 valence electrons. The number of hydrogen-bond acceptors (Lipinski definition) is 4. The monoisotopic (exact) mass is 526 g/mol. The van der Waals surface area contributed by atoms with Crippen molar-refractivity contribution in [2.45, 2.75) is 51.6 Å². The molecule has 0 spiro atoms. The second-order valence-corrected chi connectivity index (χ2v) is 16.8. The number of nitrogens with zero attached hydrogens (tertiary/aromatic N) is 2. The Balaban J connectivity index is 1.37. The van der Waals surface area contributed by atoms with Crippen molar-refractivity contribution in [1.82, 2.24) is 9.80 Å². The first-order valence-electron chi connectivity index (χ1n) is 13.9. The van der Waals surface area contributed by atoms with Crippen LogP contribution in [0.1, 0.15) is 49.1 Å². The Morgan fingerprint density at radius 1 is 0.895 bits per heavy atom. The van der Waals surface area contributed by atoms with E-state index >= 15 is 0 Å². The molecule has 4 nitrogen and oxygen atoms in total. The van der Waals surface area contributed by atoms with Crippen molar-refractivity contribution in [3.05, 3.63) is 101 Å². The highest BCUT2D eigenvalue weighted by Gasteiger charge is 2.39. The molecule has 1 fully saturated rings. The fourth-order valence-corrected chi connectivity index (χ4v) is 6.16. The molecular weight excluding hydrogens is 484 g/mol. The number of fused-ring (bicyclic) bond motifs is 2. The van der Waals surface area contributed by atoms with Gasteiger partial charge in [0.2, 0.25) is 8.32 Å². The minimum Gasteiger partial charge on any atom is -0.543 e. The average Bonchev–Trinajstić information content (AvgIpc) is 3.05. The molecule has 1 atom stereocenters. The molecule has 3 aromatic carbocycles. The molecule has 0 aliphatic carbocycles. The molecule has 2 aliphatic rings. The molecule has 0 amide bonds. The molecule has 0 bridgehead atoms. The van der Waals surface area contributed by atoms with Crippen LogP contribution >= 0.6 is 0 Å². The van der Waals surface area contributed by atoms with E-state index in [2.05, 4.69) is 129 Å². The zero-order valence-electron chi connectivity index (χ0n) is 23.6. The van der Waals surface area contributed by atoms with E-state index in [0.29, 0.717) is 6.61 Å². The number of benzene rings is 3. The molecular formula is C33H42N2O2Si. The highest BCUT2D eigenvalue weighted by Crippen LogP contribution is 2.43. The Bertz CT molecular complexity index is 1260. The van der Waals surface area contributed by atoms with Gasteiger partial charge in [-0.2, -0.15) is 0 Å². The van der Waals surface area contributed by atoms with Crippen molar-refractivity contribution in [2.24, 2.45) is 0 Å². The minimum absolute atomic E-state index is 0.146. The first-order valence-corrected chi connectivity index (χ1v) is 16.8. The minimum atomic E-state index is -1.95. The molecule has 1 unspecified atom stereocenters. The number of piperazine rings is 1. The largest absolute Gasteiger partial charge is 0.543 e. The van der Waals surface area contributed by atoms with E-state index in [0.717, 1.165) is 44.2 Å². The van der Waals surface area contributed by atoms with E-state index in [1.54, 1.807) is 0 Å². The van der Waals surface area contributed by atoms with Gasteiger partial charge in [0.25, 0.3) is 0 Å². The quantitative estimate of drug-likeness (QED) is 0.313. The third-order valence-corrected chi connectivity index (χ3v) is 12.8. The van der Waals surface area contributed by atoms with Crippen LogP contribution in [-0.4, -0.2) is 50.8 Å². The molecule has 0 aromatic heterocycles. The summed E-state index contributed by atoms with van der Waals surface area (Å²) in [6, 6.07) is 26.0. The van der Waals surface area contributed by atoms with Gasteiger partial charge in [0, 0.05) is 38.3 Å². The maximum Gasteiger partial charge on any atom is 0.250 e. The van der Waals surface area contributed by atoms with Crippen LogP contribution in [0.3, 0.4) is 0 Å². The van der Waals surface area contributed by atoms with Crippen LogP contribution in [0.4, 0.5) is 0 Å². The third-order valence-electron chi connectivity index (χ3n) is 8.43. The second kappa shape index (κ2) is 11.1. The molecule has 0 saturated carbocycles. The fraction of sp³-hybridized carbons (Fsp3) is 0.394. The maximum absolute atomic E-state index is 6.74. The lowest BCUT2D eigenvalue weighted by Gasteiger charge is -2.40. The van der Waals surface area contributed by atoms with Gasteiger partial charge in [-0.1, -0.05) is 87.5 Å². The van der Waals surface area contributed by atoms with Gasteiger partial charge >= 0.3 is 0 Å². The summed E-state index contributed by atoms with van der Waals surface area (Å²) in [7, 11) is -1.95. The van der Waals surface area contributed by atoms with Gasteiger partial charge in [-0.15, -0.1) is 0 Å². The molecule has 0 N–H and O–H groups in total. The van der Waals surface area contributed by atoms with Crippen LogP contribution < -0.4 is 9.16 Å². The van der Waals surface area contributed by atoms with Crippen molar-refractivity contribution in [3.63, 3.8) is 0 Å². The van der Waals surface area contributed by atoms with E-state index in [9.17, 15) is 0 Å². The van der Waals surface area contributed by atoms with Gasteiger partial charge < -0.3 is 9.16 Å². The zero-order chi connectivity index (χ0) is 26.8. The number of ether oxygens (including phenoxy) is 1. The van der Waals surface area contributed by atoms with E-state index in [4.69, 9.17) is 9.16 Å². The smallest absolute Gasteiger partial charge is 0.250 e. The summed E-state index contributed by atoms with van der Waals surface area (Å²) in [6.07, 6.45) is 4.52. The van der Waals surface area contributed by atoms with Crippen molar-refractivity contribution < 1.29 is 9.16 Å². The Morgan fingerprint density at radius 2 is 1.61 bits per heavy atom. The van der Waals surface area contributed by atoms with Gasteiger partial charge in [-0.3, -0.25) is 9.80 Å². The third kappa shape index (κ3) is 5.90. The van der Waals surface area contributed by atoms with Gasteiger partial charge in [-0.05, 0) is 53.0 Å². The molecule has 38 heavy (non-hydrogen) atoms. The molecule has 5 heteroatoms. The summed E-state index contributed by atoms with van der Waals surface area (Å²) >= 11 is 0. The SMILES string of the molecule is CC(C)(C)[Si](C)(C)Oc1ccc2c(c1)C(N1CCN(C/C=C/c3ccccc3)CC1)c1ccccc1CO2. The summed E-state index contributed by atoms with van der Waals surface area (Å²) in [4.78, 5) is 5.19. The maximum atomic E-state index is 6.74. The Kier molecular flexibility index (Phi) is 7.80. The lowest BCUT2D eigenvalue weighted by molar-refractivity contribution is 0.117. The highest BCUT2D eigenvalue weighted by molar-refractivity contribution is 6.74. The van der Waals surface area contributed by atoms with Crippen LogP contribution in [0.5, 0.6) is 11.5 Å². The van der Waals surface area contributed by atoms with E-state index in [1.165, 1.54) is 22.3 Å². The van der Waals surface area contributed by atoms with E-state index in [-0.39, 0.29) is 11.1 Å². The first kappa shape index (κ1) is 26.7. The molecule has 2 aliphatic heterocycles. The summed E-state index contributed by atoms with van der Waals surface area (Å²) in [5.74, 6) is 1.94. The van der Waals surface area contributed by atoms with Crippen LogP contribution in [0, 0.1) is 0 Å².